The zero-order chi connectivity index (χ0) is 18.0. The first-order chi connectivity index (χ1) is 11.3. The van der Waals surface area contributed by atoms with E-state index in [1.807, 2.05) is 30.3 Å². The quantitative estimate of drug-likeness (QED) is 0.708. The van der Waals surface area contributed by atoms with Gasteiger partial charge in [-0.3, -0.25) is 0 Å². The summed E-state index contributed by atoms with van der Waals surface area (Å²) in [4.78, 5) is 23.5. The largest absolute Gasteiger partial charge is 0.445 e. The van der Waals surface area contributed by atoms with E-state index in [0.29, 0.717) is 6.54 Å². The summed E-state index contributed by atoms with van der Waals surface area (Å²) in [6.45, 7) is 6.28. The minimum Gasteiger partial charge on any atom is -0.445 e. The molecule has 0 saturated carbocycles. The standard InChI is InChI=1S/C17H27N3O4/c1-17(2,3)24-16(22)20-14(10-18-4)11-19-15(21)23-12-13-8-6-5-7-9-13/h5-9,14,18H,10-12H2,1-4H3,(H,19,21)(H,20,22). The number of hydrogen-bond acceptors (Lipinski definition) is 5. The number of rotatable bonds is 7. The topological polar surface area (TPSA) is 88.7 Å². The summed E-state index contributed by atoms with van der Waals surface area (Å²) in [6.07, 6.45) is -1.06. The number of ether oxygens (including phenoxy) is 2. The van der Waals surface area contributed by atoms with Crippen molar-refractivity contribution in [1.29, 1.82) is 0 Å². The number of carbonyl (C=O) groups excluding carboxylic acids is 2. The van der Waals surface area contributed by atoms with Crippen molar-refractivity contribution < 1.29 is 19.1 Å². The Hall–Kier alpha value is -2.28. The molecule has 3 N–H and O–H groups in total. The second-order valence-corrected chi connectivity index (χ2v) is 6.34. The van der Waals surface area contributed by atoms with Crippen molar-refractivity contribution in [2.75, 3.05) is 20.1 Å². The Balaban J connectivity index is 2.36. The summed E-state index contributed by atoms with van der Waals surface area (Å²) >= 11 is 0. The average molecular weight is 337 g/mol. The van der Waals surface area contributed by atoms with Crippen LogP contribution in [0.4, 0.5) is 9.59 Å². The second-order valence-electron chi connectivity index (χ2n) is 6.34. The molecule has 0 saturated heterocycles. The van der Waals surface area contributed by atoms with Gasteiger partial charge in [0, 0.05) is 13.1 Å². The van der Waals surface area contributed by atoms with Gasteiger partial charge in [0.1, 0.15) is 12.2 Å². The molecule has 1 atom stereocenters. The number of nitrogens with one attached hydrogen (secondary N) is 3. The Morgan fingerprint density at radius 1 is 1.08 bits per heavy atom. The Labute approximate surface area is 143 Å². The van der Waals surface area contributed by atoms with Crippen LogP contribution in [0.25, 0.3) is 0 Å². The highest BCUT2D eigenvalue weighted by Gasteiger charge is 2.19. The van der Waals surface area contributed by atoms with Crippen molar-refractivity contribution in [3.05, 3.63) is 35.9 Å². The first kappa shape index (κ1) is 19.8. The van der Waals surface area contributed by atoms with Gasteiger partial charge < -0.3 is 25.4 Å². The van der Waals surface area contributed by atoms with Crippen LogP contribution < -0.4 is 16.0 Å². The van der Waals surface area contributed by atoms with Gasteiger partial charge in [0.05, 0.1) is 6.04 Å². The van der Waals surface area contributed by atoms with Gasteiger partial charge in [-0.2, -0.15) is 0 Å². The number of amides is 2. The monoisotopic (exact) mass is 337 g/mol. The predicted molar refractivity (Wildman–Crippen MR) is 91.7 cm³/mol. The first-order valence-electron chi connectivity index (χ1n) is 7.89. The lowest BCUT2D eigenvalue weighted by Crippen LogP contribution is -2.49. The lowest BCUT2D eigenvalue weighted by molar-refractivity contribution is 0.0502. The molecule has 1 aromatic carbocycles. The lowest BCUT2D eigenvalue weighted by Gasteiger charge is -2.23. The van der Waals surface area contributed by atoms with E-state index in [0.717, 1.165) is 5.56 Å². The number of hydrogen-bond donors (Lipinski definition) is 3. The third kappa shape index (κ3) is 8.99. The van der Waals surface area contributed by atoms with Crippen LogP contribution in [0.5, 0.6) is 0 Å². The van der Waals surface area contributed by atoms with Gasteiger partial charge in [0.15, 0.2) is 0 Å². The van der Waals surface area contributed by atoms with E-state index in [2.05, 4.69) is 16.0 Å². The minimum absolute atomic E-state index is 0.197. The average Bonchev–Trinajstić information content (AvgIpc) is 2.50. The van der Waals surface area contributed by atoms with E-state index in [-0.39, 0.29) is 19.2 Å². The smallest absolute Gasteiger partial charge is 0.407 e. The first-order valence-corrected chi connectivity index (χ1v) is 7.89. The number of likely N-dealkylation sites (N-methyl/N-ethyl adjacent to an activating group) is 1. The molecule has 7 nitrogen and oxygen atoms in total. The van der Waals surface area contributed by atoms with Crippen LogP contribution in [0.15, 0.2) is 30.3 Å². The molecule has 2 amide bonds. The molecule has 0 radical (unpaired) electrons. The van der Waals surface area contributed by atoms with Crippen LogP contribution in [-0.4, -0.2) is 44.0 Å². The summed E-state index contributed by atoms with van der Waals surface area (Å²) in [5.74, 6) is 0. The van der Waals surface area contributed by atoms with Gasteiger partial charge >= 0.3 is 12.2 Å². The van der Waals surface area contributed by atoms with E-state index >= 15 is 0 Å². The fraction of sp³-hybridized carbons (Fsp3) is 0.529. The Kier molecular flexibility index (Phi) is 8.05. The van der Waals surface area contributed by atoms with E-state index in [1.54, 1.807) is 27.8 Å². The molecule has 0 aliphatic rings. The highest BCUT2D eigenvalue weighted by Crippen LogP contribution is 2.06. The van der Waals surface area contributed by atoms with Crippen LogP contribution >= 0.6 is 0 Å². The molecule has 0 aliphatic heterocycles. The van der Waals surface area contributed by atoms with Gasteiger partial charge in [-0.25, -0.2) is 9.59 Å². The Morgan fingerprint density at radius 3 is 2.33 bits per heavy atom. The molecule has 0 spiro atoms. The molecular weight excluding hydrogens is 310 g/mol. The molecule has 0 fully saturated rings. The van der Waals surface area contributed by atoms with Crippen LogP contribution in [0.3, 0.4) is 0 Å². The van der Waals surface area contributed by atoms with E-state index in [4.69, 9.17) is 9.47 Å². The zero-order valence-electron chi connectivity index (χ0n) is 14.7. The molecule has 7 heteroatoms. The molecule has 0 aliphatic carbocycles. The summed E-state index contributed by atoms with van der Waals surface area (Å²) in [5.41, 5.74) is 0.336. The van der Waals surface area contributed by atoms with Crippen LogP contribution in [0, 0.1) is 0 Å². The normalized spacial score (nSPS) is 12.2. The molecular formula is C17H27N3O4. The number of carbonyl (C=O) groups is 2. The van der Waals surface area contributed by atoms with Crippen molar-refractivity contribution in [1.82, 2.24) is 16.0 Å². The predicted octanol–water partition coefficient (Wildman–Crippen LogP) is 2.03. The molecule has 1 rings (SSSR count). The van der Waals surface area contributed by atoms with E-state index in [9.17, 15) is 9.59 Å². The van der Waals surface area contributed by atoms with Crippen molar-refractivity contribution in [2.24, 2.45) is 0 Å². The van der Waals surface area contributed by atoms with Gasteiger partial charge in [-0.1, -0.05) is 30.3 Å². The third-order valence-electron chi connectivity index (χ3n) is 2.88. The van der Waals surface area contributed by atoms with Gasteiger partial charge in [0.2, 0.25) is 0 Å². The van der Waals surface area contributed by atoms with Crippen LogP contribution in [-0.2, 0) is 16.1 Å². The van der Waals surface area contributed by atoms with Gasteiger partial charge in [-0.15, -0.1) is 0 Å². The van der Waals surface area contributed by atoms with E-state index in [1.165, 1.54) is 0 Å². The summed E-state index contributed by atoms with van der Waals surface area (Å²) < 4.78 is 10.3. The van der Waals surface area contributed by atoms with Crippen LogP contribution in [0.1, 0.15) is 26.3 Å². The fourth-order valence-corrected chi connectivity index (χ4v) is 1.88. The summed E-state index contributed by atoms with van der Waals surface area (Å²) in [6, 6.07) is 9.10. The second kappa shape index (κ2) is 9.77. The lowest BCUT2D eigenvalue weighted by atomic mass is 10.2. The third-order valence-corrected chi connectivity index (χ3v) is 2.88. The molecule has 0 heterocycles. The van der Waals surface area contributed by atoms with Gasteiger partial charge in [-0.05, 0) is 33.4 Å². The zero-order valence-corrected chi connectivity index (χ0v) is 14.7. The summed E-state index contributed by atoms with van der Waals surface area (Å²) in [5, 5.41) is 8.30. The maximum atomic E-state index is 11.8. The number of alkyl carbamates (subject to hydrolysis) is 2. The maximum absolute atomic E-state index is 11.8. The molecule has 0 bridgehead atoms. The molecule has 134 valence electrons. The van der Waals surface area contributed by atoms with Crippen LogP contribution in [0.2, 0.25) is 0 Å². The number of benzene rings is 1. The Bertz CT molecular complexity index is 514. The SMILES string of the molecule is CNCC(CNC(=O)OCc1ccccc1)NC(=O)OC(C)(C)C. The van der Waals surface area contributed by atoms with Crippen molar-refractivity contribution in [2.45, 2.75) is 39.0 Å². The molecule has 1 aromatic rings. The molecule has 24 heavy (non-hydrogen) atoms. The van der Waals surface area contributed by atoms with Crippen molar-refractivity contribution in [3.63, 3.8) is 0 Å². The maximum Gasteiger partial charge on any atom is 0.407 e. The van der Waals surface area contributed by atoms with Crippen molar-refractivity contribution in [3.8, 4) is 0 Å². The van der Waals surface area contributed by atoms with Crippen molar-refractivity contribution >= 4 is 12.2 Å². The molecule has 1 unspecified atom stereocenters. The molecule has 0 aromatic heterocycles. The highest BCUT2D eigenvalue weighted by molar-refractivity contribution is 5.69. The van der Waals surface area contributed by atoms with Gasteiger partial charge in [0.25, 0.3) is 0 Å². The highest BCUT2D eigenvalue weighted by atomic mass is 16.6. The fourth-order valence-electron chi connectivity index (χ4n) is 1.88. The summed E-state index contributed by atoms with van der Waals surface area (Å²) in [7, 11) is 1.76. The minimum atomic E-state index is -0.573. The Morgan fingerprint density at radius 2 is 1.75 bits per heavy atom. The van der Waals surface area contributed by atoms with E-state index < -0.39 is 17.8 Å².